The molecule has 1 rings (SSSR count). The molecule has 0 heterocycles. The van der Waals surface area contributed by atoms with Crippen LogP contribution in [0.25, 0.3) is 0 Å². The molecule has 0 aromatic heterocycles. The lowest BCUT2D eigenvalue weighted by Gasteiger charge is -2.34. The molecule has 0 saturated carbocycles. The molecule has 0 aliphatic heterocycles. The molecule has 1 aromatic rings. The van der Waals surface area contributed by atoms with Crippen LogP contribution in [0, 0.1) is 5.41 Å². The first kappa shape index (κ1) is 15.4. The highest BCUT2D eigenvalue weighted by atomic mass is 32.2. The average molecular weight is 267 g/mol. The van der Waals surface area contributed by atoms with Crippen LogP contribution in [0.1, 0.15) is 34.1 Å². The summed E-state index contributed by atoms with van der Waals surface area (Å²) in [5.74, 6) is 0.931. The van der Waals surface area contributed by atoms with E-state index in [1.165, 1.54) is 4.90 Å². The first-order chi connectivity index (χ1) is 8.40. The predicted octanol–water partition coefficient (Wildman–Crippen LogP) is 3.94. The number of thioether (sulfide) groups is 1. The van der Waals surface area contributed by atoms with Gasteiger partial charge < -0.3 is 10.5 Å². The normalized spacial score (nSPS) is 15.2. The zero-order chi connectivity index (χ0) is 13.8. The Kier molecular flexibility index (Phi) is 5.54. The lowest BCUT2D eigenvalue weighted by molar-refractivity contribution is 0.349. The largest absolute Gasteiger partial charge is 0.496 e. The summed E-state index contributed by atoms with van der Waals surface area (Å²) in [6.07, 6.45) is 0.990. The summed E-state index contributed by atoms with van der Waals surface area (Å²) >= 11 is 1.83. The van der Waals surface area contributed by atoms with Gasteiger partial charge in [0.25, 0.3) is 0 Å². The number of ether oxygens (including phenoxy) is 1. The quantitative estimate of drug-likeness (QED) is 0.821. The number of methoxy groups -OCH3 is 1. The summed E-state index contributed by atoms with van der Waals surface area (Å²) in [5.41, 5.74) is 6.45. The van der Waals surface area contributed by atoms with Crippen molar-refractivity contribution in [1.29, 1.82) is 0 Å². The summed E-state index contributed by atoms with van der Waals surface area (Å²) in [6, 6.07) is 8.33. The third-order valence-corrected chi connectivity index (χ3v) is 4.94. The van der Waals surface area contributed by atoms with Crippen LogP contribution in [0.5, 0.6) is 5.75 Å². The Labute approximate surface area is 115 Å². The fraction of sp³-hybridized carbons (Fsp3) is 0.600. The molecule has 0 fully saturated rings. The van der Waals surface area contributed by atoms with Gasteiger partial charge in [-0.2, -0.15) is 0 Å². The van der Waals surface area contributed by atoms with E-state index in [1.54, 1.807) is 7.11 Å². The SMILES string of the molecule is CCC(N)C(Sc1ccccc1OC)C(C)(C)C. The lowest BCUT2D eigenvalue weighted by Crippen LogP contribution is -2.40. The Hall–Kier alpha value is -0.670. The minimum absolute atomic E-state index is 0.168. The third kappa shape index (κ3) is 3.92. The maximum absolute atomic E-state index is 6.28. The highest BCUT2D eigenvalue weighted by Gasteiger charge is 2.30. The number of para-hydroxylation sites is 1. The van der Waals surface area contributed by atoms with E-state index < -0.39 is 0 Å². The molecule has 2 atom stereocenters. The zero-order valence-electron chi connectivity index (χ0n) is 12.1. The molecular weight excluding hydrogens is 242 g/mol. The topological polar surface area (TPSA) is 35.2 Å². The maximum Gasteiger partial charge on any atom is 0.132 e. The van der Waals surface area contributed by atoms with E-state index in [2.05, 4.69) is 33.8 Å². The van der Waals surface area contributed by atoms with Crippen molar-refractivity contribution in [3.63, 3.8) is 0 Å². The van der Waals surface area contributed by atoms with E-state index >= 15 is 0 Å². The van der Waals surface area contributed by atoms with Gasteiger partial charge in [0, 0.05) is 16.2 Å². The highest BCUT2D eigenvalue weighted by molar-refractivity contribution is 8.00. The molecule has 18 heavy (non-hydrogen) atoms. The average Bonchev–Trinajstić information content (AvgIpc) is 2.34. The van der Waals surface area contributed by atoms with Gasteiger partial charge in [-0.3, -0.25) is 0 Å². The summed E-state index contributed by atoms with van der Waals surface area (Å²) in [6.45, 7) is 8.88. The van der Waals surface area contributed by atoms with Crippen LogP contribution in [0.4, 0.5) is 0 Å². The van der Waals surface area contributed by atoms with Gasteiger partial charge in [0.1, 0.15) is 5.75 Å². The monoisotopic (exact) mass is 267 g/mol. The molecule has 2 N–H and O–H groups in total. The van der Waals surface area contributed by atoms with Crippen molar-refractivity contribution in [2.45, 2.75) is 50.3 Å². The summed E-state index contributed by atoms with van der Waals surface area (Å²) in [7, 11) is 1.71. The predicted molar refractivity (Wildman–Crippen MR) is 80.4 cm³/mol. The molecule has 102 valence electrons. The molecule has 2 nitrogen and oxygen atoms in total. The van der Waals surface area contributed by atoms with E-state index in [0.29, 0.717) is 5.25 Å². The van der Waals surface area contributed by atoms with Crippen molar-refractivity contribution in [2.24, 2.45) is 11.1 Å². The molecule has 0 radical (unpaired) electrons. The molecule has 0 aliphatic carbocycles. The number of nitrogens with two attached hydrogens (primary N) is 1. The van der Waals surface area contributed by atoms with Crippen LogP contribution in [0.15, 0.2) is 29.2 Å². The Morgan fingerprint density at radius 2 is 1.89 bits per heavy atom. The molecule has 3 heteroatoms. The van der Waals surface area contributed by atoms with Gasteiger partial charge in [-0.1, -0.05) is 39.8 Å². The third-order valence-electron chi connectivity index (χ3n) is 3.04. The van der Waals surface area contributed by atoms with E-state index in [9.17, 15) is 0 Å². The summed E-state index contributed by atoms with van der Waals surface area (Å²) in [4.78, 5) is 1.17. The number of benzene rings is 1. The second-order valence-corrected chi connectivity index (χ2v) is 6.81. The van der Waals surface area contributed by atoms with Gasteiger partial charge >= 0.3 is 0 Å². The fourth-order valence-corrected chi connectivity index (χ4v) is 3.39. The Balaban J connectivity index is 2.96. The molecule has 1 aromatic carbocycles. The van der Waals surface area contributed by atoms with Crippen molar-refractivity contribution in [3.05, 3.63) is 24.3 Å². The Morgan fingerprint density at radius 1 is 1.28 bits per heavy atom. The van der Waals surface area contributed by atoms with Crippen LogP contribution >= 0.6 is 11.8 Å². The first-order valence-electron chi connectivity index (χ1n) is 6.45. The zero-order valence-corrected chi connectivity index (χ0v) is 12.9. The van der Waals surface area contributed by atoms with Crippen LogP contribution in [-0.2, 0) is 0 Å². The number of rotatable bonds is 5. The van der Waals surface area contributed by atoms with Crippen LogP contribution in [-0.4, -0.2) is 18.4 Å². The smallest absolute Gasteiger partial charge is 0.132 e. The molecule has 2 unspecified atom stereocenters. The first-order valence-corrected chi connectivity index (χ1v) is 7.33. The van der Waals surface area contributed by atoms with Gasteiger partial charge in [-0.05, 0) is 24.0 Å². The number of hydrogen-bond acceptors (Lipinski definition) is 3. The number of hydrogen-bond donors (Lipinski definition) is 1. The van der Waals surface area contributed by atoms with Crippen molar-refractivity contribution in [2.75, 3.05) is 7.11 Å². The van der Waals surface area contributed by atoms with Crippen molar-refractivity contribution < 1.29 is 4.74 Å². The summed E-state index contributed by atoms with van der Waals surface area (Å²) < 4.78 is 5.41. The molecule has 0 aliphatic rings. The van der Waals surface area contributed by atoms with Gasteiger partial charge in [0.15, 0.2) is 0 Å². The van der Waals surface area contributed by atoms with E-state index in [0.717, 1.165) is 12.2 Å². The standard InChI is InChI=1S/C15H25NOS/c1-6-11(16)14(15(2,3)4)18-13-10-8-7-9-12(13)17-5/h7-11,14H,6,16H2,1-5H3. The van der Waals surface area contributed by atoms with E-state index in [-0.39, 0.29) is 11.5 Å². The molecule has 0 bridgehead atoms. The molecule has 0 amide bonds. The van der Waals surface area contributed by atoms with Gasteiger partial charge in [-0.25, -0.2) is 0 Å². The van der Waals surface area contributed by atoms with Crippen LogP contribution in [0.2, 0.25) is 0 Å². The molecule has 0 spiro atoms. The van der Waals surface area contributed by atoms with E-state index in [1.807, 2.05) is 30.0 Å². The highest BCUT2D eigenvalue weighted by Crippen LogP contribution is 2.41. The van der Waals surface area contributed by atoms with E-state index in [4.69, 9.17) is 10.5 Å². The maximum atomic E-state index is 6.28. The second kappa shape index (κ2) is 6.48. The van der Waals surface area contributed by atoms with Crippen molar-refractivity contribution in [1.82, 2.24) is 0 Å². The Morgan fingerprint density at radius 3 is 2.39 bits per heavy atom. The van der Waals surface area contributed by atoms with Gasteiger partial charge in [-0.15, -0.1) is 11.8 Å². The fourth-order valence-electron chi connectivity index (χ4n) is 1.97. The van der Waals surface area contributed by atoms with Crippen molar-refractivity contribution >= 4 is 11.8 Å². The lowest BCUT2D eigenvalue weighted by atomic mass is 9.87. The van der Waals surface area contributed by atoms with Gasteiger partial charge in [0.05, 0.1) is 7.11 Å². The van der Waals surface area contributed by atoms with Crippen LogP contribution in [0.3, 0.4) is 0 Å². The van der Waals surface area contributed by atoms with Crippen LogP contribution < -0.4 is 10.5 Å². The molecular formula is C15H25NOS. The second-order valence-electron chi connectivity index (χ2n) is 5.63. The Bertz CT molecular complexity index is 373. The molecule has 0 saturated heterocycles. The minimum atomic E-state index is 0.168. The van der Waals surface area contributed by atoms with Crippen molar-refractivity contribution in [3.8, 4) is 5.75 Å². The van der Waals surface area contributed by atoms with Gasteiger partial charge in [0.2, 0.25) is 0 Å². The minimum Gasteiger partial charge on any atom is -0.496 e. The summed E-state index contributed by atoms with van der Waals surface area (Å²) in [5, 5.41) is 0.374.